The van der Waals surface area contributed by atoms with E-state index < -0.39 is 0 Å². The molecule has 2 heteroatoms. The number of aromatic nitrogens is 2. The number of hydrogen-bond donors (Lipinski definition) is 0. The van der Waals surface area contributed by atoms with Crippen molar-refractivity contribution in [1.82, 2.24) is 9.97 Å². The van der Waals surface area contributed by atoms with Crippen molar-refractivity contribution in [2.45, 2.75) is 53.4 Å². The average molecular weight is 192 g/mol. The second-order valence-corrected chi connectivity index (χ2v) is 3.43. The summed E-state index contributed by atoms with van der Waals surface area (Å²) < 4.78 is 0. The molecule has 14 heavy (non-hydrogen) atoms. The first-order valence-electron chi connectivity index (χ1n) is 5.64. The van der Waals surface area contributed by atoms with Gasteiger partial charge in [0.05, 0.1) is 0 Å². The van der Waals surface area contributed by atoms with Gasteiger partial charge in [0, 0.05) is 17.8 Å². The Morgan fingerprint density at radius 2 is 1.21 bits per heavy atom. The number of rotatable bonds is 4. The minimum Gasteiger partial charge on any atom is -0.238 e. The van der Waals surface area contributed by atoms with Crippen LogP contribution in [0.4, 0.5) is 0 Å². The van der Waals surface area contributed by atoms with E-state index in [0.717, 1.165) is 31.5 Å². The quantitative estimate of drug-likeness (QED) is 0.733. The minimum atomic E-state index is 0.935. The summed E-state index contributed by atoms with van der Waals surface area (Å²) in [4.78, 5) is 9.16. The van der Waals surface area contributed by atoms with E-state index >= 15 is 0 Å². The van der Waals surface area contributed by atoms with E-state index in [0.29, 0.717) is 0 Å². The third-order valence-corrected chi connectivity index (χ3v) is 2.56. The van der Waals surface area contributed by atoms with Crippen molar-refractivity contribution >= 4 is 0 Å². The molecule has 0 unspecified atom stereocenters. The summed E-state index contributed by atoms with van der Waals surface area (Å²) in [7, 11) is 0. The fourth-order valence-corrected chi connectivity index (χ4v) is 1.79. The summed E-state index contributed by atoms with van der Waals surface area (Å²) >= 11 is 0. The maximum atomic E-state index is 4.58. The zero-order valence-electron chi connectivity index (χ0n) is 9.72. The molecule has 1 aromatic heterocycles. The predicted octanol–water partition coefficient (Wildman–Crippen LogP) is 2.73. The van der Waals surface area contributed by atoms with Crippen molar-refractivity contribution in [1.29, 1.82) is 0 Å². The van der Waals surface area contributed by atoms with Gasteiger partial charge in [-0.15, -0.1) is 0 Å². The van der Waals surface area contributed by atoms with Crippen molar-refractivity contribution in [2.24, 2.45) is 0 Å². The Balaban J connectivity index is 3.24. The van der Waals surface area contributed by atoms with Crippen LogP contribution in [-0.4, -0.2) is 9.97 Å². The highest BCUT2D eigenvalue weighted by atomic mass is 14.9. The molecule has 0 atom stereocenters. The Bertz CT molecular complexity index is 280. The first-order valence-corrected chi connectivity index (χ1v) is 5.64. The molecule has 0 aromatic carbocycles. The van der Waals surface area contributed by atoms with Gasteiger partial charge in [-0.05, 0) is 24.8 Å². The van der Waals surface area contributed by atoms with Crippen LogP contribution < -0.4 is 0 Å². The minimum absolute atomic E-state index is 0.935. The lowest BCUT2D eigenvalue weighted by Gasteiger charge is -2.11. The third-order valence-electron chi connectivity index (χ3n) is 2.56. The Hall–Kier alpha value is -0.920. The molecule has 1 aromatic rings. The summed E-state index contributed by atoms with van der Waals surface area (Å²) in [6, 6.07) is 0. The van der Waals surface area contributed by atoms with Crippen LogP contribution in [-0.2, 0) is 25.7 Å². The predicted molar refractivity (Wildman–Crippen MR) is 59.5 cm³/mol. The Morgan fingerprint density at radius 3 is 1.50 bits per heavy atom. The summed E-state index contributed by atoms with van der Waals surface area (Å²) in [5.74, 6) is 0.996. The normalized spacial score (nSPS) is 10.6. The van der Waals surface area contributed by atoms with E-state index in [1.165, 1.54) is 17.0 Å². The fraction of sp³-hybridized carbons (Fsp3) is 0.667. The maximum absolute atomic E-state index is 4.58. The molecule has 1 heterocycles. The summed E-state index contributed by atoms with van der Waals surface area (Å²) in [5, 5.41) is 0. The lowest BCUT2D eigenvalue weighted by molar-refractivity contribution is 0.810. The summed E-state index contributed by atoms with van der Waals surface area (Å²) in [6.45, 7) is 8.63. The Kier molecular flexibility index (Phi) is 4.05. The molecule has 0 amide bonds. The molecular formula is C12H20N2. The highest BCUT2D eigenvalue weighted by Gasteiger charge is 2.09. The van der Waals surface area contributed by atoms with E-state index in [2.05, 4.69) is 37.7 Å². The molecule has 0 aliphatic rings. The van der Waals surface area contributed by atoms with Crippen molar-refractivity contribution in [3.63, 3.8) is 0 Å². The first kappa shape index (κ1) is 11.2. The standard InChI is InChI=1S/C12H20N2/c1-5-9-10(6-2)13-12(8-4)14-11(9)7-3/h5-8H2,1-4H3. The van der Waals surface area contributed by atoms with Gasteiger partial charge in [-0.3, -0.25) is 0 Å². The largest absolute Gasteiger partial charge is 0.238 e. The Morgan fingerprint density at radius 1 is 0.714 bits per heavy atom. The zero-order chi connectivity index (χ0) is 10.6. The zero-order valence-corrected chi connectivity index (χ0v) is 9.72. The molecule has 0 aliphatic carbocycles. The van der Waals surface area contributed by atoms with Crippen molar-refractivity contribution in [3.8, 4) is 0 Å². The molecule has 0 aliphatic heterocycles. The number of aryl methyl sites for hydroxylation is 3. The monoisotopic (exact) mass is 192 g/mol. The van der Waals surface area contributed by atoms with Crippen LogP contribution in [0.15, 0.2) is 0 Å². The highest BCUT2D eigenvalue weighted by molar-refractivity contribution is 5.26. The Labute approximate surface area is 86.8 Å². The van der Waals surface area contributed by atoms with Crippen LogP contribution in [0.1, 0.15) is 50.5 Å². The summed E-state index contributed by atoms with van der Waals surface area (Å²) in [6.07, 6.45) is 4.03. The lowest BCUT2D eigenvalue weighted by Crippen LogP contribution is -2.08. The maximum Gasteiger partial charge on any atom is 0.128 e. The SMILES string of the molecule is CCc1nc(CC)c(CC)c(CC)n1. The topological polar surface area (TPSA) is 25.8 Å². The molecule has 0 N–H and O–H groups in total. The van der Waals surface area contributed by atoms with E-state index in [1.807, 2.05) is 0 Å². The van der Waals surface area contributed by atoms with Crippen LogP contribution in [0.25, 0.3) is 0 Å². The molecule has 0 saturated carbocycles. The third kappa shape index (κ3) is 2.11. The van der Waals surface area contributed by atoms with E-state index in [-0.39, 0.29) is 0 Å². The van der Waals surface area contributed by atoms with E-state index in [4.69, 9.17) is 0 Å². The number of hydrogen-bond acceptors (Lipinski definition) is 2. The molecule has 0 saturated heterocycles. The van der Waals surface area contributed by atoms with Crippen molar-refractivity contribution in [2.75, 3.05) is 0 Å². The second kappa shape index (κ2) is 5.08. The molecule has 1 rings (SSSR count). The van der Waals surface area contributed by atoms with Gasteiger partial charge in [-0.25, -0.2) is 9.97 Å². The molecule has 78 valence electrons. The molecule has 0 fully saturated rings. The van der Waals surface area contributed by atoms with Crippen molar-refractivity contribution in [3.05, 3.63) is 22.8 Å². The van der Waals surface area contributed by atoms with E-state index in [1.54, 1.807) is 0 Å². The average Bonchev–Trinajstić information content (AvgIpc) is 2.26. The van der Waals surface area contributed by atoms with Crippen LogP contribution >= 0.6 is 0 Å². The smallest absolute Gasteiger partial charge is 0.128 e. The molecule has 0 radical (unpaired) electrons. The number of nitrogens with zero attached hydrogens (tertiary/aromatic N) is 2. The summed E-state index contributed by atoms with van der Waals surface area (Å²) in [5.41, 5.74) is 3.86. The molecule has 2 nitrogen and oxygen atoms in total. The van der Waals surface area contributed by atoms with Gasteiger partial charge in [-0.1, -0.05) is 27.7 Å². The van der Waals surface area contributed by atoms with Gasteiger partial charge in [0.2, 0.25) is 0 Å². The van der Waals surface area contributed by atoms with Gasteiger partial charge in [-0.2, -0.15) is 0 Å². The van der Waals surface area contributed by atoms with Crippen LogP contribution in [0.2, 0.25) is 0 Å². The van der Waals surface area contributed by atoms with Gasteiger partial charge < -0.3 is 0 Å². The first-order chi connectivity index (χ1) is 6.76. The van der Waals surface area contributed by atoms with Gasteiger partial charge in [0.25, 0.3) is 0 Å². The van der Waals surface area contributed by atoms with Gasteiger partial charge in [0.1, 0.15) is 5.82 Å². The fourth-order valence-electron chi connectivity index (χ4n) is 1.79. The molecule has 0 bridgehead atoms. The van der Waals surface area contributed by atoms with Gasteiger partial charge in [0.15, 0.2) is 0 Å². The molecular weight excluding hydrogens is 172 g/mol. The lowest BCUT2D eigenvalue weighted by atomic mass is 10.0. The van der Waals surface area contributed by atoms with Crippen LogP contribution in [0, 0.1) is 0 Å². The highest BCUT2D eigenvalue weighted by Crippen LogP contribution is 2.14. The second-order valence-electron chi connectivity index (χ2n) is 3.43. The van der Waals surface area contributed by atoms with E-state index in [9.17, 15) is 0 Å². The van der Waals surface area contributed by atoms with Crippen molar-refractivity contribution < 1.29 is 0 Å². The van der Waals surface area contributed by atoms with Gasteiger partial charge >= 0.3 is 0 Å². The molecule has 0 spiro atoms. The van der Waals surface area contributed by atoms with Crippen LogP contribution in [0.5, 0.6) is 0 Å². The van der Waals surface area contributed by atoms with Crippen LogP contribution in [0.3, 0.4) is 0 Å².